The van der Waals surface area contributed by atoms with Crippen molar-refractivity contribution < 1.29 is 13.2 Å². The summed E-state index contributed by atoms with van der Waals surface area (Å²) in [4.78, 5) is 14.6. The van der Waals surface area contributed by atoms with E-state index in [1.165, 1.54) is 22.9 Å². The molecule has 0 unspecified atom stereocenters. The molecule has 7 nitrogen and oxygen atoms in total. The maximum Gasteiger partial charge on any atom is 0.229 e. The third kappa shape index (κ3) is 5.34. The van der Waals surface area contributed by atoms with Gasteiger partial charge in [-0.3, -0.25) is 14.6 Å². The van der Waals surface area contributed by atoms with Gasteiger partial charge < -0.3 is 4.90 Å². The molecule has 28 heavy (non-hydrogen) atoms. The first-order chi connectivity index (χ1) is 13.2. The minimum Gasteiger partial charge on any atom is -0.342 e. The first kappa shape index (κ1) is 20.4. The number of nitrogens with zero attached hydrogens (tertiary/aromatic N) is 2. The third-order valence-electron chi connectivity index (χ3n) is 5.06. The lowest BCUT2D eigenvalue weighted by atomic mass is 9.93. The van der Waals surface area contributed by atoms with Gasteiger partial charge in [0.1, 0.15) is 0 Å². The molecule has 152 valence electrons. The summed E-state index contributed by atoms with van der Waals surface area (Å²) in [6, 6.07) is 6.40. The average Bonchev–Trinajstić information content (AvgIpc) is 3.05. The first-order valence-electron chi connectivity index (χ1n) is 9.57. The van der Waals surface area contributed by atoms with Crippen LogP contribution in [0.15, 0.2) is 24.4 Å². The van der Waals surface area contributed by atoms with Crippen LogP contribution in [0.2, 0.25) is 0 Å². The summed E-state index contributed by atoms with van der Waals surface area (Å²) in [5, 5.41) is 6.90. The topological polar surface area (TPSA) is 95.2 Å². The molecule has 0 bridgehead atoms. The quantitative estimate of drug-likeness (QED) is 0.774. The maximum atomic E-state index is 12.8. The number of rotatable bonds is 6. The molecule has 0 spiro atoms. The fourth-order valence-electron chi connectivity index (χ4n) is 3.95. The van der Waals surface area contributed by atoms with E-state index in [0.717, 1.165) is 37.8 Å². The lowest BCUT2D eigenvalue weighted by Crippen LogP contribution is -2.39. The molecular weight excluding hydrogens is 376 g/mol. The monoisotopic (exact) mass is 404 g/mol. The number of carbonyl (C=O) groups is 1. The summed E-state index contributed by atoms with van der Waals surface area (Å²) < 4.78 is 25.6. The van der Waals surface area contributed by atoms with Crippen LogP contribution >= 0.6 is 0 Å². The van der Waals surface area contributed by atoms with E-state index in [0.29, 0.717) is 18.7 Å². The van der Waals surface area contributed by atoms with E-state index in [9.17, 15) is 13.2 Å². The van der Waals surface area contributed by atoms with E-state index in [1.807, 2.05) is 4.90 Å². The number of nitrogens with one attached hydrogen (secondary N) is 2. The summed E-state index contributed by atoms with van der Waals surface area (Å²) in [7, 11) is -3.38. The number of anilines is 1. The molecule has 1 fully saturated rings. The number of aromatic nitrogens is 2. The number of H-pyrrole nitrogens is 1. The van der Waals surface area contributed by atoms with Crippen LogP contribution < -0.4 is 4.72 Å². The maximum absolute atomic E-state index is 12.8. The molecule has 0 aliphatic carbocycles. The van der Waals surface area contributed by atoms with Crippen molar-refractivity contribution in [2.24, 2.45) is 0 Å². The van der Waals surface area contributed by atoms with E-state index >= 15 is 0 Å². The van der Waals surface area contributed by atoms with E-state index < -0.39 is 10.0 Å². The normalized spacial score (nSPS) is 17.5. The number of aromatic amines is 1. The second-order valence-corrected chi connectivity index (χ2v) is 9.49. The average molecular weight is 405 g/mol. The van der Waals surface area contributed by atoms with Crippen molar-refractivity contribution in [2.45, 2.75) is 45.4 Å². The van der Waals surface area contributed by atoms with E-state index in [4.69, 9.17) is 0 Å². The lowest BCUT2D eigenvalue weighted by Gasteiger charge is -2.32. The Hall–Kier alpha value is -2.35. The SMILES string of the molecule is Cc1cc(C)cc(CCC(=O)N2CCC[C@@H](c3[nH]ncc3NS(C)(=O)=O)C2)c1. The van der Waals surface area contributed by atoms with Gasteiger partial charge in [-0.1, -0.05) is 29.3 Å². The van der Waals surface area contributed by atoms with Crippen molar-refractivity contribution in [1.29, 1.82) is 0 Å². The smallest absolute Gasteiger partial charge is 0.229 e. The Morgan fingerprint density at radius 2 is 2.00 bits per heavy atom. The van der Waals surface area contributed by atoms with Crippen LogP contribution in [-0.4, -0.2) is 48.8 Å². The Labute approximate surface area is 166 Å². The number of amides is 1. The van der Waals surface area contributed by atoms with Crippen molar-refractivity contribution in [3.63, 3.8) is 0 Å². The molecule has 1 aliphatic heterocycles. The number of aryl methyl sites for hydroxylation is 3. The predicted molar refractivity (Wildman–Crippen MR) is 110 cm³/mol. The second-order valence-electron chi connectivity index (χ2n) is 7.75. The van der Waals surface area contributed by atoms with Crippen LogP contribution in [0.3, 0.4) is 0 Å². The van der Waals surface area contributed by atoms with Crippen molar-refractivity contribution in [3.8, 4) is 0 Å². The van der Waals surface area contributed by atoms with Crippen molar-refractivity contribution in [3.05, 3.63) is 46.8 Å². The van der Waals surface area contributed by atoms with E-state index in [2.05, 4.69) is 47.0 Å². The number of sulfonamides is 1. The molecule has 2 aromatic rings. The van der Waals surface area contributed by atoms with Crippen LogP contribution in [0, 0.1) is 13.8 Å². The van der Waals surface area contributed by atoms with Crippen molar-refractivity contribution >= 4 is 21.6 Å². The molecule has 1 saturated heterocycles. The summed E-state index contributed by atoms with van der Waals surface area (Å²) in [5.41, 5.74) is 4.83. The van der Waals surface area contributed by atoms with Crippen molar-refractivity contribution in [2.75, 3.05) is 24.1 Å². The third-order valence-corrected chi connectivity index (χ3v) is 5.65. The van der Waals surface area contributed by atoms with Crippen LogP contribution in [0.5, 0.6) is 0 Å². The number of piperidine rings is 1. The first-order valence-corrected chi connectivity index (χ1v) is 11.5. The second kappa shape index (κ2) is 8.34. The van der Waals surface area contributed by atoms with E-state index in [-0.39, 0.29) is 11.8 Å². The molecule has 1 amide bonds. The highest BCUT2D eigenvalue weighted by Crippen LogP contribution is 2.31. The summed E-state index contributed by atoms with van der Waals surface area (Å²) in [6.07, 6.45) is 5.59. The molecular formula is C20H28N4O3S. The zero-order valence-electron chi connectivity index (χ0n) is 16.7. The van der Waals surface area contributed by atoms with Crippen LogP contribution in [0.1, 0.15) is 47.6 Å². The Bertz CT molecular complexity index is 932. The molecule has 0 radical (unpaired) electrons. The van der Waals surface area contributed by atoms with Gasteiger partial charge in [0.05, 0.1) is 23.8 Å². The highest BCUT2D eigenvalue weighted by Gasteiger charge is 2.27. The molecule has 1 aromatic carbocycles. The highest BCUT2D eigenvalue weighted by molar-refractivity contribution is 7.92. The molecule has 2 heterocycles. The number of likely N-dealkylation sites (tertiary alicyclic amines) is 1. The molecule has 8 heteroatoms. The van der Waals surface area contributed by atoms with Gasteiger partial charge >= 0.3 is 0 Å². The lowest BCUT2D eigenvalue weighted by molar-refractivity contribution is -0.132. The Balaban J connectivity index is 1.63. The Kier molecular flexibility index (Phi) is 6.07. The molecule has 2 N–H and O–H groups in total. The molecule has 1 aromatic heterocycles. The van der Waals surface area contributed by atoms with Crippen LogP contribution in [0.4, 0.5) is 5.69 Å². The largest absolute Gasteiger partial charge is 0.342 e. The van der Waals surface area contributed by atoms with E-state index in [1.54, 1.807) is 0 Å². The molecule has 1 aliphatic rings. The Morgan fingerprint density at radius 1 is 1.29 bits per heavy atom. The standard InChI is InChI=1S/C20H28N4O3S/c1-14-9-15(2)11-16(10-14)6-7-19(25)24-8-4-5-17(13-24)20-18(12-21-22-20)23-28(3,26)27/h9-12,17,23H,4-8,13H2,1-3H3,(H,21,22)/t17-/m1/s1. The molecule has 0 saturated carbocycles. The van der Waals surface area contributed by atoms with Gasteiger partial charge in [-0.15, -0.1) is 0 Å². The molecule has 3 rings (SSSR count). The van der Waals surface area contributed by atoms with Gasteiger partial charge in [-0.05, 0) is 38.7 Å². The Morgan fingerprint density at radius 3 is 2.68 bits per heavy atom. The number of benzene rings is 1. The minimum atomic E-state index is -3.38. The fourth-order valence-corrected chi connectivity index (χ4v) is 4.51. The number of hydrogen-bond acceptors (Lipinski definition) is 4. The van der Waals surface area contributed by atoms with Gasteiger partial charge in [0.15, 0.2) is 0 Å². The van der Waals surface area contributed by atoms with Gasteiger partial charge in [-0.25, -0.2) is 8.42 Å². The van der Waals surface area contributed by atoms with Gasteiger partial charge in [-0.2, -0.15) is 5.10 Å². The van der Waals surface area contributed by atoms with Gasteiger partial charge in [0.2, 0.25) is 15.9 Å². The fraction of sp³-hybridized carbons (Fsp3) is 0.500. The zero-order valence-corrected chi connectivity index (χ0v) is 17.5. The van der Waals surface area contributed by atoms with Gasteiger partial charge in [0, 0.05) is 25.4 Å². The minimum absolute atomic E-state index is 0.0469. The molecule has 1 atom stereocenters. The summed E-state index contributed by atoms with van der Waals surface area (Å²) in [5.74, 6) is 0.187. The van der Waals surface area contributed by atoms with Gasteiger partial charge in [0.25, 0.3) is 0 Å². The summed E-state index contributed by atoms with van der Waals surface area (Å²) >= 11 is 0. The highest BCUT2D eigenvalue weighted by atomic mass is 32.2. The predicted octanol–water partition coefficient (Wildman–Crippen LogP) is 2.74. The van der Waals surface area contributed by atoms with Crippen molar-refractivity contribution in [1.82, 2.24) is 15.1 Å². The number of hydrogen-bond donors (Lipinski definition) is 2. The van der Waals surface area contributed by atoms with Crippen LogP contribution in [-0.2, 0) is 21.2 Å². The summed E-state index contributed by atoms with van der Waals surface area (Å²) in [6.45, 7) is 5.46. The number of carbonyl (C=O) groups excluding carboxylic acids is 1. The zero-order chi connectivity index (χ0) is 20.3. The van der Waals surface area contributed by atoms with Crippen LogP contribution in [0.25, 0.3) is 0 Å².